The van der Waals surface area contributed by atoms with Crippen LogP contribution in [0.25, 0.3) is 0 Å². The van der Waals surface area contributed by atoms with Crippen LogP contribution in [0.5, 0.6) is 0 Å². The second kappa shape index (κ2) is 6.10. The highest BCUT2D eigenvalue weighted by Crippen LogP contribution is 2.30. The highest BCUT2D eigenvalue weighted by atomic mass is 79.9. The van der Waals surface area contributed by atoms with E-state index in [0.717, 1.165) is 15.0 Å². The smallest absolute Gasteiger partial charge is 0.134 e. The van der Waals surface area contributed by atoms with Crippen LogP contribution in [-0.2, 0) is 0 Å². The maximum atomic E-state index is 4.51. The van der Waals surface area contributed by atoms with Gasteiger partial charge in [-0.25, -0.2) is 9.97 Å². The molecule has 1 aromatic heterocycles. The van der Waals surface area contributed by atoms with Gasteiger partial charge in [-0.15, -0.1) is 0 Å². The molecule has 0 atom stereocenters. The lowest BCUT2D eigenvalue weighted by atomic mass is 9.90. The Morgan fingerprint density at radius 1 is 0.875 bits per heavy atom. The predicted molar refractivity (Wildman–Crippen MR) is 72.5 cm³/mol. The normalized spacial score (nSPS) is 19.1. The molecule has 1 saturated carbocycles. The molecule has 1 aliphatic rings. The molecule has 0 unspecified atom stereocenters. The zero-order valence-corrected chi connectivity index (χ0v) is 12.4. The molecule has 1 heterocycles. The number of halogens is 2. The van der Waals surface area contributed by atoms with Crippen LogP contribution < -0.4 is 0 Å². The van der Waals surface area contributed by atoms with Crippen molar-refractivity contribution in [1.29, 1.82) is 0 Å². The zero-order chi connectivity index (χ0) is 11.4. The lowest BCUT2D eigenvalue weighted by Gasteiger charge is -2.18. The number of hydrogen-bond donors (Lipinski definition) is 0. The average molecular weight is 348 g/mol. The molecule has 0 amide bonds. The first-order valence-electron chi connectivity index (χ1n) is 5.95. The Morgan fingerprint density at radius 2 is 1.38 bits per heavy atom. The van der Waals surface area contributed by atoms with Crippen molar-refractivity contribution in [3.8, 4) is 0 Å². The fourth-order valence-electron chi connectivity index (χ4n) is 2.30. The highest BCUT2D eigenvalue weighted by molar-refractivity contribution is 9.11. The number of hydrogen-bond acceptors (Lipinski definition) is 2. The van der Waals surface area contributed by atoms with Crippen molar-refractivity contribution in [2.45, 2.75) is 50.9 Å². The van der Waals surface area contributed by atoms with E-state index in [0.29, 0.717) is 5.92 Å². The van der Waals surface area contributed by atoms with Crippen LogP contribution in [0.3, 0.4) is 0 Å². The fraction of sp³-hybridized carbons (Fsp3) is 0.667. The van der Waals surface area contributed by atoms with Gasteiger partial charge in [-0.2, -0.15) is 0 Å². The summed E-state index contributed by atoms with van der Waals surface area (Å²) in [6.07, 6.45) is 9.25. The minimum atomic E-state index is 0.550. The van der Waals surface area contributed by atoms with Crippen LogP contribution >= 0.6 is 31.9 Å². The summed E-state index contributed by atoms with van der Waals surface area (Å²) in [5, 5.41) is 0. The molecular formula is C12H16Br2N2. The molecule has 0 aromatic carbocycles. The molecule has 2 nitrogen and oxygen atoms in total. The van der Waals surface area contributed by atoms with Gasteiger partial charge in [-0.3, -0.25) is 0 Å². The molecule has 0 N–H and O–H groups in total. The lowest BCUT2D eigenvalue weighted by Crippen LogP contribution is -2.07. The van der Waals surface area contributed by atoms with Crippen LogP contribution in [0.1, 0.15) is 56.7 Å². The third kappa shape index (κ3) is 3.52. The van der Waals surface area contributed by atoms with Crippen LogP contribution in [0, 0.1) is 0 Å². The standard InChI is InChI=1S/C12H16Br2N2/c13-10-8-11(14)16-12(15-10)9-6-4-2-1-3-5-7-9/h8-9H,1-7H2. The van der Waals surface area contributed by atoms with E-state index in [1.807, 2.05) is 6.07 Å². The number of aromatic nitrogens is 2. The van der Waals surface area contributed by atoms with Gasteiger partial charge in [0.2, 0.25) is 0 Å². The summed E-state index contributed by atoms with van der Waals surface area (Å²) >= 11 is 6.87. The van der Waals surface area contributed by atoms with E-state index in [9.17, 15) is 0 Å². The van der Waals surface area contributed by atoms with Crippen LogP contribution in [0.4, 0.5) is 0 Å². The summed E-state index contributed by atoms with van der Waals surface area (Å²) in [7, 11) is 0. The maximum absolute atomic E-state index is 4.51. The third-order valence-corrected chi connectivity index (χ3v) is 3.96. The van der Waals surface area contributed by atoms with E-state index in [4.69, 9.17) is 0 Å². The SMILES string of the molecule is Brc1cc(Br)nc(C2CCCCCCC2)n1. The molecule has 0 aliphatic heterocycles. The van der Waals surface area contributed by atoms with Crippen molar-refractivity contribution in [2.75, 3.05) is 0 Å². The van der Waals surface area contributed by atoms with Gasteiger partial charge in [0.1, 0.15) is 15.0 Å². The van der Waals surface area contributed by atoms with Crippen molar-refractivity contribution in [1.82, 2.24) is 9.97 Å². The number of nitrogens with zero attached hydrogens (tertiary/aromatic N) is 2. The van der Waals surface area contributed by atoms with Crippen LogP contribution in [0.15, 0.2) is 15.3 Å². The molecule has 0 radical (unpaired) electrons. The monoisotopic (exact) mass is 346 g/mol. The summed E-state index contributed by atoms with van der Waals surface area (Å²) in [6, 6.07) is 1.90. The third-order valence-electron chi connectivity index (χ3n) is 3.15. The molecule has 16 heavy (non-hydrogen) atoms. The first kappa shape index (κ1) is 12.5. The quantitative estimate of drug-likeness (QED) is 0.680. The van der Waals surface area contributed by atoms with Crippen LogP contribution in [-0.4, -0.2) is 9.97 Å². The van der Waals surface area contributed by atoms with Crippen molar-refractivity contribution in [3.05, 3.63) is 21.1 Å². The second-order valence-corrected chi connectivity index (χ2v) is 6.04. The molecule has 0 saturated heterocycles. The minimum absolute atomic E-state index is 0.550. The highest BCUT2D eigenvalue weighted by Gasteiger charge is 2.17. The largest absolute Gasteiger partial charge is 0.226 e. The van der Waals surface area contributed by atoms with Gasteiger partial charge in [-0.1, -0.05) is 32.1 Å². The van der Waals surface area contributed by atoms with E-state index >= 15 is 0 Å². The summed E-state index contributed by atoms with van der Waals surface area (Å²) in [4.78, 5) is 9.01. The number of rotatable bonds is 1. The maximum Gasteiger partial charge on any atom is 0.134 e. The van der Waals surface area contributed by atoms with E-state index in [-0.39, 0.29) is 0 Å². The fourth-order valence-corrected chi connectivity index (χ4v) is 3.41. The molecule has 1 aliphatic carbocycles. The molecule has 0 spiro atoms. The summed E-state index contributed by atoms with van der Waals surface area (Å²) in [6.45, 7) is 0. The average Bonchev–Trinajstić information content (AvgIpc) is 2.14. The van der Waals surface area contributed by atoms with Gasteiger partial charge in [0.15, 0.2) is 0 Å². The molecule has 4 heteroatoms. The van der Waals surface area contributed by atoms with E-state index in [2.05, 4.69) is 41.8 Å². The minimum Gasteiger partial charge on any atom is -0.226 e. The first-order valence-corrected chi connectivity index (χ1v) is 7.54. The Kier molecular flexibility index (Phi) is 4.77. The van der Waals surface area contributed by atoms with Crippen molar-refractivity contribution < 1.29 is 0 Å². The Morgan fingerprint density at radius 3 is 1.94 bits per heavy atom. The molecular weight excluding hydrogens is 332 g/mol. The molecule has 1 fully saturated rings. The van der Waals surface area contributed by atoms with E-state index < -0.39 is 0 Å². The van der Waals surface area contributed by atoms with Gasteiger partial charge in [0.05, 0.1) is 0 Å². The van der Waals surface area contributed by atoms with Gasteiger partial charge in [0.25, 0.3) is 0 Å². The Labute approximate surface area is 114 Å². The van der Waals surface area contributed by atoms with Crippen molar-refractivity contribution in [3.63, 3.8) is 0 Å². The molecule has 0 bridgehead atoms. The topological polar surface area (TPSA) is 25.8 Å². The van der Waals surface area contributed by atoms with Crippen LogP contribution in [0.2, 0.25) is 0 Å². The zero-order valence-electron chi connectivity index (χ0n) is 9.25. The van der Waals surface area contributed by atoms with E-state index in [1.54, 1.807) is 0 Å². The second-order valence-electron chi connectivity index (χ2n) is 4.41. The molecule has 88 valence electrons. The lowest BCUT2D eigenvalue weighted by molar-refractivity contribution is 0.441. The van der Waals surface area contributed by atoms with E-state index in [1.165, 1.54) is 44.9 Å². The van der Waals surface area contributed by atoms with Crippen molar-refractivity contribution in [2.24, 2.45) is 0 Å². The van der Waals surface area contributed by atoms with Gasteiger partial charge >= 0.3 is 0 Å². The predicted octanol–water partition coefficient (Wildman–Crippen LogP) is 4.83. The van der Waals surface area contributed by atoms with Crippen molar-refractivity contribution >= 4 is 31.9 Å². The summed E-state index contributed by atoms with van der Waals surface area (Å²) < 4.78 is 1.76. The summed E-state index contributed by atoms with van der Waals surface area (Å²) in [5.74, 6) is 1.55. The molecule has 2 rings (SSSR count). The Balaban J connectivity index is 2.13. The van der Waals surface area contributed by atoms with Gasteiger partial charge < -0.3 is 0 Å². The molecule has 1 aromatic rings. The van der Waals surface area contributed by atoms with Gasteiger partial charge in [-0.05, 0) is 44.7 Å². The Hall–Kier alpha value is 0.0400. The first-order chi connectivity index (χ1) is 7.75. The Bertz CT molecular complexity index is 327. The summed E-state index contributed by atoms with van der Waals surface area (Å²) in [5.41, 5.74) is 0. The van der Waals surface area contributed by atoms with Gasteiger partial charge in [0, 0.05) is 12.0 Å².